The smallest absolute Gasteiger partial charge is 0.265 e. The molecule has 0 bridgehead atoms. The van der Waals surface area contributed by atoms with Crippen LogP contribution in [-0.2, 0) is 4.79 Å². The molecule has 0 spiro atoms. The Balaban J connectivity index is 2.76. The van der Waals surface area contributed by atoms with E-state index in [2.05, 4.69) is 0 Å². The fraction of sp³-hybridized carbons (Fsp3) is 0.357. The summed E-state index contributed by atoms with van der Waals surface area (Å²) in [6.07, 6.45) is -0.203. The summed E-state index contributed by atoms with van der Waals surface area (Å²) in [6, 6.07) is 12.8. The van der Waals surface area contributed by atoms with Gasteiger partial charge in [0.05, 0.1) is 12.1 Å². The highest BCUT2D eigenvalue weighted by Crippen LogP contribution is 2.14. The minimum atomic E-state index is -0.677. The van der Waals surface area contributed by atoms with Crippen LogP contribution in [0.2, 0.25) is 0 Å². The van der Waals surface area contributed by atoms with Gasteiger partial charge in [-0.25, -0.2) is 0 Å². The molecule has 5 heteroatoms. The van der Waals surface area contributed by atoms with Gasteiger partial charge in [0.15, 0.2) is 6.10 Å². The summed E-state index contributed by atoms with van der Waals surface area (Å²) < 4.78 is 5.59. The molecule has 1 aromatic rings. The van der Waals surface area contributed by atoms with Crippen molar-refractivity contribution in [3.63, 3.8) is 0 Å². The van der Waals surface area contributed by atoms with Crippen molar-refractivity contribution < 1.29 is 9.53 Å². The molecule has 5 nitrogen and oxygen atoms in total. The Hall–Kier alpha value is -2.53. The molecule has 0 saturated heterocycles. The standard InChI is InChI=1S/C14H15N3O2/c1-2-13(19-12-6-4-3-5-7-12)14(18)17(10-8-15)11-9-16/h3-7,13H,2,10-11H2,1H3. The molecule has 0 radical (unpaired) electrons. The molecule has 0 aliphatic carbocycles. The van der Waals surface area contributed by atoms with Crippen LogP contribution < -0.4 is 4.74 Å². The zero-order valence-corrected chi connectivity index (χ0v) is 10.7. The fourth-order valence-corrected chi connectivity index (χ4v) is 1.56. The summed E-state index contributed by atoms with van der Waals surface area (Å²) in [5.41, 5.74) is 0. The Morgan fingerprint density at radius 3 is 2.32 bits per heavy atom. The number of hydrogen-bond donors (Lipinski definition) is 0. The molecule has 0 saturated carbocycles. The molecule has 1 atom stereocenters. The first kappa shape index (κ1) is 14.5. The van der Waals surface area contributed by atoms with Crippen molar-refractivity contribution in [1.82, 2.24) is 4.90 Å². The number of hydrogen-bond acceptors (Lipinski definition) is 4. The van der Waals surface area contributed by atoms with Crippen molar-refractivity contribution in [2.45, 2.75) is 19.4 Å². The Kier molecular flexibility index (Phi) is 5.91. The van der Waals surface area contributed by atoms with Crippen molar-refractivity contribution in [1.29, 1.82) is 10.5 Å². The van der Waals surface area contributed by atoms with Gasteiger partial charge in [0.2, 0.25) is 0 Å². The van der Waals surface area contributed by atoms with E-state index in [1.807, 2.05) is 37.3 Å². The van der Waals surface area contributed by atoms with E-state index in [-0.39, 0.29) is 19.0 Å². The quantitative estimate of drug-likeness (QED) is 0.727. The van der Waals surface area contributed by atoms with Gasteiger partial charge in [-0.05, 0) is 18.6 Å². The SMILES string of the molecule is CCC(Oc1ccccc1)C(=O)N(CC#N)CC#N. The normalized spacial score (nSPS) is 10.9. The lowest BCUT2D eigenvalue weighted by atomic mass is 10.2. The van der Waals surface area contributed by atoms with Gasteiger partial charge in [-0.2, -0.15) is 10.5 Å². The highest BCUT2D eigenvalue weighted by atomic mass is 16.5. The molecule has 1 aromatic carbocycles. The Morgan fingerprint density at radius 1 is 1.26 bits per heavy atom. The van der Waals surface area contributed by atoms with Crippen LogP contribution in [0, 0.1) is 22.7 Å². The maximum absolute atomic E-state index is 12.2. The molecule has 0 heterocycles. The molecule has 0 aliphatic rings. The average molecular weight is 257 g/mol. The van der Waals surface area contributed by atoms with Gasteiger partial charge in [0, 0.05) is 0 Å². The molecule has 0 aliphatic heterocycles. The van der Waals surface area contributed by atoms with Crippen LogP contribution in [0.5, 0.6) is 5.75 Å². The molecule has 1 amide bonds. The molecule has 1 unspecified atom stereocenters. The van der Waals surface area contributed by atoms with E-state index in [1.54, 1.807) is 12.1 Å². The second kappa shape index (κ2) is 7.73. The number of rotatable bonds is 6. The number of nitrogens with zero attached hydrogens (tertiary/aromatic N) is 3. The maximum atomic E-state index is 12.2. The van der Waals surface area contributed by atoms with E-state index in [0.29, 0.717) is 12.2 Å². The van der Waals surface area contributed by atoms with Crippen LogP contribution in [0.3, 0.4) is 0 Å². The average Bonchev–Trinajstić information content (AvgIpc) is 2.45. The van der Waals surface area contributed by atoms with Crippen LogP contribution in [0.25, 0.3) is 0 Å². The van der Waals surface area contributed by atoms with E-state index >= 15 is 0 Å². The second-order valence-electron chi connectivity index (χ2n) is 3.84. The molecule has 98 valence electrons. The monoisotopic (exact) mass is 257 g/mol. The number of carbonyl (C=O) groups excluding carboxylic acids is 1. The Labute approximate surface area is 112 Å². The summed E-state index contributed by atoms with van der Waals surface area (Å²) in [5, 5.41) is 17.3. The number of carbonyl (C=O) groups is 1. The second-order valence-corrected chi connectivity index (χ2v) is 3.84. The molecule has 0 N–H and O–H groups in total. The molecule has 0 aromatic heterocycles. The van der Waals surface area contributed by atoms with Gasteiger partial charge in [0.1, 0.15) is 18.8 Å². The lowest BCUT2D eigenvalue weighted by molar-refractivity contribution is -0.137. The van der Waals surface area contributed by atoms with Gasteiger partial charge < -0.3 is 9.64 Å². The first-order valence-corrected chi connectivity index (χ1v) is 5.97. The van der Waals surface area contributed by atoms with Gasteiger partial charge in [0.25, 0.3) is 5.91 Å². The summed E-state index contributed by atoms with van der Waals surface area (Å²) >= 11 is 0. The maximum Gasteiger partial charge on any atom is 0.265 e. The number of para-hydroxylation sites is 1. The minimum Gasteiger partial charge on any atom is -0.481 e. The summed E-state index contributed by atoms with van der Waals surface area (Å²) in [4.78, 5) is 13.3. The largest absolute Gasteiger partial charge is 0.481 e. The van der Waals surface area contributed by atoms with Crippen molar-refractivity contribution in [3.8, 4) is 17.9 Å². The molecular weight excluding hydrogens is 242 g/mol. The van der Waals surface area contributed by atoms with Gasteiger partial charge in [-0.3, -0.25) is 4.79 Å². The van der Waals surface area contributed by atoms with Gasteiger partial charge in [-0.15, -0.1) is 0 Å². The molecular formula is C14H15N3O2. The first-order chi connectivity index (χ1) is 9.22. The number of nitriles is 2. The van der Waals surface area contributed by atoms with Crippen molar-refractivity contribution in [2.24, 2.45) is 0 Å². The zero-order chi connectivity index (χ0) is 14.1. The number of ether oxygens (including phenoxy) is 1. The topological polar surface area (TPSA) is 77.1 Å². The lowest BCUT2D eigenvalue weighted by Gasteiger charge is -2.23. The van der Waals surface area contributed by atoms with Crippen LogP contribution in [0.4, 0.5) is 0 Å². The highest BCUT2D eigenvalue weighted by Gasteiger charge is 2.24. The third kappa shape index (κ3) is 4.33. The van der Waals surface area contributed by atoms with Crippen molar-refractivity contribution >= 4 is 5.91 Å². The highest BCUT2D eigenvalue weighted by molar-refractivity contribution is 5.81. The third-order valence-electron chi connectivity index (χ3n) is 2.50. The first-order valence-electron chi connectivity index (χ1n) is 5.97. The van der Waals surface area contributed by atoms with E-state index in [0.717, 1.165) is 0 Å². The Bertz CT molecular complexity index is 472. The van der Waals surface area contributed by atoms with E-state index in [1.165, 1.54) is 4.90 Å². The van der Waals surface area contributed by atoms with Crippen LogP contribution >= 0.6 is 0 Å². The summed E-state index contributed by atoms with van der Waals surface area (Å²) in [6.45, 7) is 1.60. The number of amides is 1. The fourth-order valence-electron chi connectivity index (χ4n) is 1.56. The van der Waals surface area contributed by atoms with E-state index in [4.69, 9.17) is 15.3 Å². The molecule has 19 heavy (non-hydrogen) atoms. The summed E-state index contributed by atoms with van der Waals surface area (Å²) in [5.74, 6) is 0.256. The third-order valence-corrected chi connectivity index (χ3v) is 2.50. The van der Waals surface area contributed by atoms with Crippen molar-refractivity contribution in [2.75, 3.05) is 13.1 Å². The molecule has 1 rings (SSSR count). The summed E-state index contributed by atoms with van der Waals surface area (Å²) in [7, 11) is 0. The van der Waals surface area contributed by atoms with E-state index < -0.39 is 6.10 Å². The van der Waals surface area contributed by atoms with E-state index in [9.17, 15) is 4.79 Å². The number of benzene rings is 1. The van der Waals surface area contributed by atoms with Crippen molar-refractivity contribution in [3.05, 3.63) is 30.3 Å². The van der Waals surface area contributed by atoms with Crippen LogP contribution in [-0.4, -0.2) is 30.0 Å². The predicted octanol–water partition coefficient (Wildman–Crippen LogP) is 1.72. The van der Waals surface area contributed by atoms with Crippen LogP contribution in [0.1, 0.15) is 13.3 Å². The molecule has 0 fully saturated rings. The minimum absolute atomic E-state index is 0.110. The zero-order valence-electron chi connectivity index (χ0n) is 10.7. The lowest BCUT2D eigenvalue weighted by Crippen LogP contribution is -2.42. The van der Waals surface area contributed by atoms with Gasteiger partial charge in [-0.1, -0.05) is 25.1 Å². The predicted molar refractivity (Wildman–Crippen MR) is 69.0 cm³/mol. The van der Waals surface area contributed by atoms with Gasteiger partial charge >= 0.3 is 0 Å². The Morgan fingerprint density at radius 2 is 1.84 bits per heavy atom. The van der Waals surface area contributed by atoms with Crippen LogP contribution in [0.15, 0.2) is 30.3 Å².